The van der Waals surface area contributed by atoms with Crippen LogP contribution in [0.4, 0.5) is 0 Å². The van der Waals surface area contributed by atoms with Crippen LogP contribution in [0.1, 0.15) is 12.5 Å². The second-order valence-corrected chi connectivity index (χ2v) is 5.28. The fourth-order valence-corrected chi connectivity index (χ4v) is 2.48. The average Bonchev–Trinajstić information content (AvgIpc) is 2.98. The number of nitrogens with one attached hydrogen (secondary N) is 1. The number of halogens is 1. The van der Waals surface area contributed by atoms with E-state index in [0.29, 0.717) is 6.04 Å². The highest BCUT2D eigenvalue weighted by molar-refractivity contribution is 9.10. The van der Waals surface area contributed by atoms with Gasteiger partial charge >= 0.3 is 0 Å². The summed E-state index contributed by atoms with van der Waals surface area (Å²) in [6.45, 7) is 2.05. The van der Waals surface area contributed by atoms with Crippen molar-refractivity contribution in [3.8, 4) is 11.5 Å². The topological polar surface area (TPSA) is 39.1 Å². The molecule has 18 heavy (non-hydrogen) atoms. The molecule has 1 atom stereocenters. The van der Waals surface area contributed by atoms with Gasteiger partial charge in [0.15, 0.2) is 5.75 Å². The average molecular weight is 308 g/mol. The summed E-state index contributed by atoms with van der Waals surface area (Å²) >= 11 is 3.43. The van der Waals surface area contributed by atoms with Gasteiger partial charge in [0.05, 0.1) is 18.4 Å². The van der Waals surface area contributed by atoms with Crippen LogP contribution in [0.15, 0.2) is 41.1 Å². The number of hydrogen-bond acceptors (Lipinski definition) is 3. The molecule has 1 N–H and O–H groups in total. The molecule has 0 bridgehead atoms. The van der Waals surface area contributed by atoms with Crippen LogP contribution in [-0.2, 0) is 0 Å². The Morgan fingerprint density at radius 1 is 1.39 bits per heavy atom. The van der Waals surface area contributed by atoms with E-state index in [9.17, 15) is 0 Å². The zero-order valence-corrected chi connectivity index (χ0v) is 11.4. The van der Waals surface area contributed by atoms with E-state index in [0.717, 1.165) is 35.5 Å². The molecule has 0 amide bonds. The van der Waals surface area contributed by atoms with Gasteiger partial charge in [0, 0.05) is 11.0 Å². The van der Waals surface area contributed by atoms with Crippen LogP contribution in [-0.4, -0.2) is 22.9 Å². The highest BCUT2D eigenvalue weighted by atomic mass is 79.9. The van der Waals surface area contributed by atoms with Crippen LogP contribution in [0.3, 0.4) is 0 Å². The molecular weight excluding hydrogens is 294 g/mol. The summed E-state index contributed by atoms with van der Waals surface area (Å²) in [5, 5.41) is 7.69. The second kappa shape index (κ2) is 5.12. The molecule has 94 valence electrons. The van der Waals surface area contributed by atoms with Crippen LogP contribution in [0.2, 0.25) is 0 Å². The van der Waals surface area contributed by atoms with E-state index < -0.39 is 0 Å². The van der Waals surface area contributed by atoms with Gasteiger partial charge in [-0.1, -0.05) is 22.0 Å². The van der Waals surface area contributed by atoms with Crippen LogP contribution >= 0.6 is 15.9 Å². The predicted octanol–water partition coefficient (Wildman–Crippen LogP) is 2.97. The zero-order chi connectivity index (χ0) is 12.4. The first-order valence-corrected chi connectivity index (χ1v) is 6.79. The zero-order valence-electron chi connectivity index (χ0n) is 9.84. The standard InChI is InChI=1S/C13H14BrN3O/c14-10-2-1-3-12(6-10)18-13-8-16-17(9-13)11-4-5-15-7-11/h1-3,6,8-9,11,15H,4-5,7H2. The summed E-state index contributed by atoms with van der Waals surface area (Å²) in [7, 11) is 0. The molecular formula is C13H14BrN3O. The molecule has 0 saturated carbocycles. The van der Waals surface area contributed by atoms with Crippen molar-refractivity contribution < 1.29 is 4.74 Å². The highest BCUT2D eigenvalue weighted by Gasteiger charge is 2.17. The number of aromatic nitrogens is 2. The molecule has 1 saturated heterocycles. The van der Waals surface area contributed by atoms with Gasteiger partial charge in [-0.05, 0) is 31.2 Å². The summed E-state index contributed by atoms with van der Waals surface area (Å²) in [6.07, 6.45) is 4.84. The van der Waals surface area contributed by atoms with Gasteiger partial charge in [-0.3, -0.25) is 4.68 Å². The maximum Gasteiger partial charge on any atom is 0.165 e. The van der Waals surface area contributed by atoms with Gasteiger partial charge in [-0.25, -0.2) is 0 Å². The summed E-state index contributed by atoms with van der Waals surface area (Å²) in [5.41, 5.74) is 0. The minimum atomic E-state index is 0.449. The van der Waals surface area contributed by atoms with Crippen molar-refractivity contribution in [2.45, 2.75) is 12.5 Å². The van der Waals surface area contributed by atoms with Gasteiger partial charge in [0.2, 0.25) is 0 Å². The van der Waals surface area contributed by atoms with Crippen molar-refractivity contribution in [1.82, 2.24) is 15.1 Å². The van der Waals surface area contributed by atoms with Gasteiger partial charge in [0.25, 0.3) is 0 Å². The lowest BCUT2D eigenvalue weighted by atomic mass is 10.3. The first-order chi connectivity index (χ1) is 8.81. The normalized spacial score (nSPS) is 19.1. The van der Waals surface area contributed by atoms with Crippen molar-refractivity contribution in [3.63, 3.8) is 0 Å². The molecule has 1 aliphatic heterocycles. The molecule has 5 heteroatoms. The molecule has 1 unspecified atom stereocenters. The number of ether oxygens (including phenoxy) is 1. The van der Waals surface area contributed by atoms with Crippen molar-refractivity contribution in [2.75, 3.05) is 13.1 Å². The van der Waals surface area contributed by atoms with Crippen molar-refractivity contribution in [2.24, 2.45) is 0 Å². The van der Waals surface area contributed by atoms with E-state index in [1.54, 1.807) is 6.20 Å². The predicted molar refractivity (Wildman–Crippen MR) is 73.0 cm³/mol. The maximum atomic E-state index is 5.77. The second-order valence-electron chi connectivity index (χ2n) is 4.36. The van der Waals surface area contributed by atoms with Crippen LogP contribution in [0.25, 0.3) is 0 Å². The minimum absolute atomic E-state index is 0.449. The Bertz CT molecular complexity index is 535. The Hall–Kier alpha value is -1.33. The third-order valence-electron chi connectivity index (χ3n) is 3.02. The lowest BCUT2D eigenvalue weighted by Crippen LogP contribution is -2.13. The third kappa shape index (κ3) is 2.57. The Kier molecular flexibility index (Phi) is 3.34. The fraction of sp³-hybridized carbons (Fsp3) is 0.308. The Morgan fingerprint density at radius 2 is 2.33 bits per heavy atom. The number of hydrogen-bond donors (Lipinski definition) is 1. The number of benzene rings is 1. The first-order valence-electron chi connectivity index (χ1n) is 5.99. The first kappa shape index (κ1) is 11.7. The fourth-order valence-electron chi connectivity index (χ4n) is 2.10. The summed E-state index contributed by atoms with van der Waals surface area (Å²) in [6, 6.07) is 8.24. The molecule has 2 aromatic rings. The van der Waals surface area contributed by atoms with Gasteiger partial charge in [-0.15, -0.1) is 0 Å². The quantitative estimate of drug-likeness (QED) is 0.947. The van der Waals surface area contributed by atoms with Gasteiger partial charge < -0.3 is 10.1 Å². The van der Waals surface area contributed by atoms with E-state index in [1.165, 1.54) is 0 Å². The number of rotatable bonds is 3. The monoisotopic (exact) mass is 307 g/mol. The molecule has 1 aromatic heterocycles. The van der Waals surface area contributed by atoms with Crippen molar-refractivity contribution >= 4 is 15.9 Å². The molecule has 1 aliphatic rings. The maximum absolute atomic E-state index is 5.77. The number of nitrogens with zero attached hydrogens (tertiary/aromatic N) is 2. The molecule has 3 rings (SSSR count). The SMILES string of the molecule is Brc1cccc(Oc2cnn(C3CCNC3)c2)c1. The smallest absolute Gasteiger partial charge is 0.165 e. The van der Waals surface area contributed by atoms with Gasteiger partial charge in [0.1, 0.15) is 5.75 Å². The lowest BCUT2D eigenvalue weighted by molar-refractivity contribution is 0.469. The van der Waals surface area contributed by atoms with E-state index >= 15 is 0 Å². The molecule has 0 spiro atoms. The van der Waals surface area contributed by atoms with Gasteiger partial charge in [-0.2, -0.15) is 5.10 Å². The van der Waals surface area contributed by atoms with Crippen LogP contribution in [0.5, 0.6) is 11.5 Å². The Morgan fingerprint density at radius 3 is 3.11 bits per heavy atom. The Labute approximate surface area is 114 Å². The van der Waals surface area contributed by atoms with Crippen LogP contribution in [0, 0.1) is 0 Å². The molecule has 4 nitrogen and oxygen atoms in total. The van der Waals surface area contributed by atoms with Crippen molar-refractivity contribution in [1.29, 1.82) is 0 Å². The highest BCUT2D eigenvalue weighted by Crippen LogP contribution is 2.25. The summed E-state index contributed by atoms with van der Waals surface area (Å²) < 4.78 is 8.75. The van der Waals surface area contributed by atoms with Crippen molar-refractivity contribution in [3.05, 3.63) is 41.1 Å². The summed E-state index contributed by atoms with van der Waals surface area (Å²) in [5.74, 6) is 1.59. The molecule has 2 heterocycles. The largest absolute Gasteiger partial charge is 0.454 e. The Balaban J connectivity index is 1.73. The van der Waals surface area contributed by atoms with E-state index in [-0.39, 0.29) is 0 Å². The molecule has 1 aromatic carbocycles. The lowest BCUT2D eigenvalue weighted by Gasteiger charge is -2.07. The molecule has 0 radical (unpaired) electrons. The van der Waals surface area contributed by atoms with E-state index in [2.05, 4.69) is 26.3 Å². The minimum Gasteiger partial charge on any atom is -0.454 e. The van der Waals surface area contributed by atoms with E-state index in [4.69, 9.17) is 4.74 Å². The molecule has 0 aliphatic carbocycles. The third-order valence-corrected chi connectivity index (χ3v) is 3.51. The van der Waals surface area contributed by atoms with Crippen LogP contribution < -0.4 is 10.1 Å². The molecule has 1 fully saturated rings. The summed E-state index contributed by atoms with van der Waals surface area (Å²) in [4.78, 5) is 0. The van der Waals surface area contributed by atoms with E-state index in [1.807, 2.05) is 35.1 Å².